The number of carboxylic acids is 1. The average Bonchev–Trinajstić information content (AvgIpc) is 2.60. The molecule has 0 unspecified atom stereocenters. The van der Waals surface area contributed by atoms with Gasteiger partial charge in [0, 0.05) is 19.6 Å². The van der Waals surface area contributed by atoms with Crippen LogP contribution in [0.4, 0.5) is 0 Å². The van der Waals surface area contributed by atoms with Gasteiger partial charge in [-0.15, -0.1) is 0 Å². The third kappa shape index (κ3) is 6.02. The van der Waals surface area contributed by atoms with E-state index >= 15 is 0 Å². The SMILES string of the molecule is CC(C)(C)c1ccc(CN(CCC(=O)O)Cc2ccc(C#N)cc2)cc1. The van der Waals surface area contributed by atoms with E-state index in [1.54, 1.807) is 12.1 Å². The van der Waals surface area contributed by atoms with Crippen molar-refractivity contribution in [1.82, 2.24) is 4.90 Å². The zero-order valence-corrected chi connectivity index (χ0v) is 15.7. The summed E-state index contributed by atoms with van der Waals surface area (Å²) >= 11 is 0. The van der Waals surface area contributed by atoms with Gasteiger partial charge in [-0.2, -0.15) is 5.26 Å². The first-order chi connectivity index (χ1) is 12.3. The molecule has 2 aromatic carbocycles. The van der Waals surface area contributed by atoms with Crippen molar-refractivity contribution in [2.45, 2.75) is 45.7 Å². The zero-order valence-electron chi connectivity index (χ0n) is 15.7. The van der Waals surface area contributed by atoms with Crippen LogP contribution in [0.3, 0.4) is 0 Å². The molecule has 136 valence electrons. The van der Waals surface area contributed by atoms with Crippen molar-refractivity contribution in [3.63, 3.8) is 0 Å². The normalized spacial score (nSPS) is 11.3. The number of nitriles is 1. The summed E-state index contributed by atoms with van der Waals surface area (Å²) in [5, 5.41) is 17.9. The van der Waals surface area contributed by atoms with Crippen LogP contribution in [0, 0.1) is 11.3 Å². The Morgan fingerprint density at radius 1 is 1.00 bits per heavy atom. The van der Waals surface area contributed by atoms with E-state index in [1.165, 1.54) is 5.56 Å². The van der Waals surface area contributed by atoms with E-state index in [2.05, 4.69) is 56.0 Å². The topological polar surface area (TPSA) is 64.3 Å². The number of nitrogens with zero attached hydrogens (tertiary/aromatic N) is 2. The molecule has 0 saturated carbocycles. The fourth-order valence-corrected chi connectivity index (χ4v) is 2.78. The first kappa shape index (κ1) is 19.7. The van der Waals surface area contributed by atoms with Gasteiger partial charge in [-0.25, -0.2) is 0 Å². The number of hydrogen-bond donors (Lipinski definition) is 1. The van der Waals surface area contributed by atoms with Crippen molar-refractivity contribution in [3.8, 4) is 6.07 Å². The summed E-state index contributed by atoms with van der Waals surface area (Å²) in [6.45, 7) is 8.39. The molecule has 0 amide bonds. The van der Waals surface area contributed by atoms with Crippen LogP contribution in [0.15, 0.2) is 48.5 Å². The Morgan fingerprint density at radius 3 is 1.92 bits per heavy atom. The Labute approximate surface area is 155 Å². The van der Waals surface area contributed by atoms with E-state index in [1.807, 2.05) is 12.1 Å². The molecule has 0 saturated heterocycles. The molecule has 0 atom stereocenters. The third-order valence-electron chi connectivity index (χ3n) is 4.36. The third-order valence-corrected chi connectivity index (χ3v) is 4.36. The van der Waals surface area contributed by atoms with Gasteiger partial charge in [0.2, 0.25) is 0 Å². The standard InChI is InChI=1S/C22H26N2O2/c1-22(2,3)20-10-8-19(9-11-20)16-24(13-12-21(25)26)15-18-6-4-17(14-23)5-7-18/h4-11H,12-13,15-16H2,1-3H3,(H,25,26). The van der Waals surface area contributed by atoms with Gasteiger partial charge < -0.3 is 5.11 Å². The fraction of sp³-hybridized carbons (Fsp3) is 0.364. The van der Waals surface area contributed by atoms with Crippen LogP contribution < -0.4 is 0 Å². The molecule has 0 aromatic heterocycles. The van der Waals surface area contributed by atoms with Gasteiger partial charge in [-0.05, 0) is 34.2 Å². The van der Waals surface area contributed by atoms with Crippen LogP contribution in [0.25, 0.3) is 0 Å². The molecule has 2 aromatic rings. The maximum absolute atomic E-state index is 11.0. The lowest BCUT2D eigenvalue weighted by molar-refractivity contribution is -0.137. The number of hydrogen-bond acceptors (Lipinski definition) is 3. The van der Waals surface area contributed by atoms with E-state index in [4.69, 9.17) is 10.4 Å². The van der Waals surface area contributed by atoms with Gasteiger partial charge in [-0.3, -0.25) is 9.69 Å². The highest BCUT2D eigenvalue weighted by atomic mass is 16.4. The first-order valence-electron chi connectivity index (χ1n) is 8.80. The van der Waals surface area contributed by atoms with E-state index in [9.17, 15) is 4.79 Å². The van der Waals surface area contributed by atoms with Crippen LogP contribution >= 0.6 is 0 Å². The van der Waals surface area contributed by atoms with Crippen molar-refractivity contribution >= 4 is 5.97 Å². The fourth-order valence-electron chi connectivity index (χ4n) is 2.78. The summed E-state index contributed by atoms with van der Waals surface area (Å²) in [6.07, 6.45) is 0.107. The Bertz CT molecular complexity index is 766. The summed E-state index contributed by atoms with van der Waals surface area (Å²) in [6, 6.07) is 18.1. The van der Waals surface area contributed by atoms with E-state index < -0.39 is 5.97 Å². The van der Waals surface area contributed by atoms with E-state index in [0.29, 0.717) is 25.2 Å². The average molecular weight is 350 g/mol. The Balaban J connectivity index is 2.10. The predicted molar refractivity (Wildman–Crippen MR) is 103 cm³/mol. The van der Waals surface area contributed by atoms with E-state index in [-0.39, 0.29) is 11.8 Å². The van der Waals surface area contributed by atoms with Crippen LogP contribution in [0.5, 0.6) is 0 Å². The van der Waals surface area contributed by atoms with Gasteiger partial charge in [0.15, 0.2) is 0 Å². The number of aliphatic carboxylic acids is 1. The molecule has 0 aliphatic rings. The number of carboxylic acid groups (broad SMARTS) is 1. The minimum Gasteiger partial charge on any atom is -0.481 e. The molecule has 0 bridgehead atoms. The molecule has 0 aliphatic heterocycles. The second kappa shape index (κ2) is 8.64. The molecule has 0 fully saturated rings. The first-order valence-corrected chi connectivity index (χ1v) is 8.80. The highest BCUT2D eigenvalue weighted by molar-refractivity contribution is 5.66. The van der Waals surface area contributed by atoms with Gasteiger partial charge in [0.05, 0.1) is 18.1 Å². The molecule has 1 N–H and O–H groups in total. The largest absolute Gasteiger partial charge is 0.481 e. The highest BCUT2D eigenvalue weighted by Crippen LogP contribution is 2.22. The van der Waals surface area contributed by atoms with Crippen LogP contribution in [-0.2, 0) is 23.3 Å². The smallest absolute Gasteiger partial charge is 0.304 e. The molecule has 0 heterocycles. The summed E-state index contributed by atoms with van der Waals surface area (Å²) in [5.41, 5.74) is 4.26. The van der Waals surface area contributed by atoms with Crippen LogP contribution in [0.2, 0.25) is 0 Å². The Morgan fingerprint density at radius 2 is 1.50 bits per heavy atom. The summed E-state index contributed by atoms with van der Waals surface area (Å²) in [5.74, 6) is -0.794. The minimum absolute atomic E-state index is 0.107. The number of benzene rings is 2. The molecular formula is C22H26N2O2. The molecule has 4 heteroatoms. The van der Waals surface area contributed by atoms with Crippen molar-refractivity contribution in [2.24, 2.45) is 0 Å². The van der Waals surface area contributed by atoms with Gasteiger partial charge in [0.1, 0.15) is 0 Å². The Kier molecular flexibility index (Phi) is 6.54. The van der Waals surface area contributed by atoms with Crippen molar-refractivity contribution < 1.29 is 9.90 Å². The summed E-state index contributed by atoms with van der Waals surface area (Å²) in [4.78, 5) is 13.1. The number of carbonyl (C=O) groups is 1. The van der Waals surface area contributed by atoms with Crippen molar-refractivity contribution in [1.29, 1.82) is 5.26 Å². The predicted octanol–water partition coefficient (Wildman–Crippen LogP) is 4.33. The second-order valence-corrected chi connectivity index (χ2v) is 7.61. The van der Waals surface area contributed by atoms with Crippen LogP contribution in [0.1, 0.15) is 49.4 Å². The lowest BCUT2D eigenvalue weighted by Crippen LogP contribution is -2.25. The minimum atomic E-state index is -0.794. The second-order valence-electron chi connectivity index (χ2n) is 7.61. The van der Waals surface area contributed by atoms with E-state index in [0.717, 1.165) is 11.1 Å². The van der Waals surface area contributed by atoms with Gasteiger partial charge in [-0.1, -0.05) is 57.2 Å². The van der Waals surface area contributed by atoms with Gasteiger partial charge in [0.25, 0.3) is 0 Å². The highest BCUT2D eigenvalue weighted by Gasteiger charge is 2.14. The molecule has 4 nitrogen and oxygen atoms in total. The summed E-state index contributed by atoms with van der Waals surface area (Å²) in [7, 11) is 0. The molecule has 0 radical (unpaired) electrons. The monoisotopic (exact) mass is 350 g/mol. The summed E-state index contributed by atoms with van der Waals surface area (Å²) < 4.78 is 0. The quantitative estimate of drug-likeness (QED) is 0.807. The van der Waals surface area contributed by atoms with Gasteiger partial charge >= 0.3 is 5.97 Å². The molecule has 0 aliphatic carbocycles. The maximum atomic E-state index is 11.0. The van der Waals surface area contributed by atoms with Crippen LogP contribution in [-0.4, -0.2) is 22.5 Å². The number of rotatable bonds is 7. The lowest BCUT2D eigenvalue weighted by Gasteiger charge is -2.23. The molecule has 26 heavy (non-hydrogen) atoms. The van der Waals surface area contributed by atoms with Crippen molar-refractivity contribution in [2.75, 3.05) is 6.54 Å². The molecule has 0 spiro atoms. The molecular weight excluding hydrogens is 324 g/mol. The Hall–Kier alpha value is -2.64. The van der Waals surface area contributed by atoms with Crippen molar-refractivity contribution in [3.05, 3.63) is 70.8 Å². The molecule has 2 rings (SSSR count). The maximum Gasteiger partial charge on any atom is 0.304 e. The lowest BCUT2D eigenvalue weighted by atomic mass is 9.87. The zero-order chi connectivity index (χ0) is 19.2.